The van der Waals surface area contributed by atoms with Crippen molar-refractivity contribution in [2.24, 2.45) is 16.4 Å². The van der Waals surface area contributed by atoms with Crippen molar-refractivity contribution in [2.45, 2.75) is 58.3 Å². The lowest BCUT2D eigenvalue weighted by molar-refractivity contribution is -0.119. The maximum atomic E-state index is 13.6. The maximum absolute atomic E-state index is 13.6. The number of methoxy groups -OCH3 is 1. The molecule has 0 aliphatic heterocycles. The molecule has 1 aliphatic carbocycles. The van der Waals surface area contributed by atoms with Crippen LogP contribution in [0.25, 0.3) is 0 Å². The fraction of sp³-hybridized carbons (Fsp3) is 0.462. The van der Waals surface area contributed by atoms with E-state index in [-0.39, 0.29) is 10.3 Å². The average molecular weight is 565 g/mol. The number of anilines is 1. The zero-order valence-electron chi connectivity index (χ0n) is 21.0. The van der Waals surface area contributed by atoms with Crippen molar-refractivity contribution in [3.63, 3.8) is 0 Å². The second kappa shape index (κ2) is 11.1. The van der Waals surface area contributed by atoms with Crippen LogP contribution in [0.2, 0.25) is 0 Å². The zero-order valence-corrected chi connectivity index (χ0v) is 23.4. The number of hydrogen-bond acceptors (Lipinski definition) is 5. The Kier molecular flexibility index (Phi) is 8.64. The number of sulfonamides is 1. The molecule has 35 heavy (non-hydrogen) atoms. The Morgan fingerprint density at radius 2 is 1.77 bits per heavy atom. The van der Waals surface area contributed by atoms with E-state index in [1.54, 1.807) is 18.2 Å². The molecule has 7 nitrogen and oxygen atoms in total. The van der Waals surface area contributed by atoms with Crippen LogP contribution >= 0.6 is 15.9 Å². The molecule has 2 aromatic rings. The normalized spacial score (nSPS) is 16.5. The van der Waals surface area contributed by atoms with Crippen molar-refractivity contribution < 1.29 is 17.9 Å². The zero-order chi connectivity index (χ0) is 25.8. The van der Waals surface area contributed by atoms with Crippen LogP contribution in [-0.2, 0) is 14.8 Å². The lowest BCUT2D eigenvalue weighted by Crippen LogP contribution is -2.40. The third-order valence-corrected chi connectivity index (χ3v) is 8.84. The minimum atomic E-state index is -4.04. The molecule has 190 valence electrons. The van der Waals surface area contributed by atoms with Crippen LogP contribution in [0, 0.1) is 18.3 Å². The standard InChI is InChI=1S/C26H34BrN3O4S/c1-18-6-12-21(13-7-18)30(35(32,33)22-14-15-24(34-5)23(27)16-22)17-25(31)29-28-20-10-8-19(9-11-20)26(2,3)4/h6-7,12-16,19H,8-11,17H2,1-5H3,(H,29,31). The Hall–Kier alpha value is -2.39. The number of halogens is 1. The molecule has 1 saturated carbocycles. The summed E-state index contributed by atoms with van der Waals surface area (Å²) in [5, 5.41) is 4.32. The molecule has 1 N–H and O–H groups in total. The molecular formula is C26H34BrN3O4S. The van der Waals surface area contributed by atoms with Crippen molar-refractivity contribution >= 4 is 43.3 Å². The Morgan fingerprint density at radius 1 is 1.14 bits per heavy atom. The van der Waals surface area contributed by atoms with Gasteiger partial charge in [0.05, 0.1) is 22.2 Å². The smallest absolute Gasteiger partial charge is 0.264 e. The molecule has 0 radical (unpaired) electrons. The van der Waals surface area contributed by atoms with Crippen LogP contribution in [-0.4, -0.2) is 33.7 Å². The summed E-state index contributed by atoms with van der Waals surface area (Å²) in [6.45, 7) is 8.28. The molecule has 0 spiro atoms. The largest absolute Gasteiger partial charge is 0.496 e. The number of carbonyl (C=O) groups is 1. The van der Waals surface area contributed by atoms with Gasteiger partial charge in [-0.05, 0) is 90.2 Å². The molecule has 3 rings (SSSR count). The summed E-state index contributed by atoms with van der Waals surface area (Å²) in [6.07, 6.45) is 3.74. The molecule has 1 amide bonds. The Morgan fingerprint density at radius 3 is 2.31 bits per heavy atom. The first kappa shape index (κ1) is 27.2. The van der Waals surface area contributed by atoms with Crippen LogP contribution in [0.5, 0.6) is 5.75 Å². The topological polar surface area (TPSA) is 88.1 Å². The van der Waals surface area contributed by atoms with Crippen molar-refractivity contribution in [3.8, 4) is 5.75 Å². The van der Waals surface area contributed by atoms with Crippen LogP contribution in [0.15, 0.2) is 56.9 Å². The van der Waals surface area contributed by atoms with E-state index in [0.717, 1.165) is 41.3 Å². The number of hydrazone groups is 1. The lowest BCUT2D eigenvalue weighted by atomic mass is 9.72. The number of nitrogens with zero attached hydrogens (tertiary/aromatic N) is 2. The van der Waals surface area contributed by atoms with Crippen molar-refractivity contribution in [1.82, 2.24) is 5.43 Å². The first-order valence-corrected chi connectivity index (χ1v) is 13.9. The second-order valence-electron chi connectivity index (χ2n) is 10.00. The third kappa shape index (κ3) is 6.85. The molecule has 0 unspecified atom stereocenters. The quantitative estimate of drug-likeness (QED) is 0.439. The maximum Gasteiger partial charge on any atom is 0.264 e. The molecule has 0 atom stereocenters. The number of ether oxygens (including phenoxy) is 1. The van der Waals surface area contributed by atoms with Gasteiger partial charge in [0.25, 0.3) is 15.9 Å². The third-order valence-electron chi connectivity index (χ3n) is 6.45. The summed E-state index contributed by atoms with van der Waals surface area (Å²) >= 11 is 3.35. The molecule has 0 bridgehead atoms. The Bertz CT molecular complexity index is 1180. The Labute approximate surface area is 217 Å². The second-order valence-corrected chi connectivity index (χ2v) is 12.7. The highest BCUT2D eigenvalue weighted by Gasteiger charge is 2.29. The van der Waals surface area contributed by atoms with Gasteiger partial charge in [-0.15, -0.1) is 0 Å². The number of nitrogens with one attached hydrogen (secondary N) is 1. The average Bonchev–Trinajstić information content (AvgIpc) is 2.81. The molecule has 0 aromatic heterocycles. The fourth-order valence-corrected chi connectivity index (χ4v) is 6.34. The van der Waals surface area contributed by atoms with Gasteiger partial charge >= 0.3 is 0 Å². The minimum Gasteiger partial charge on any atom is -0.496 e. The first-order valence-electron chi connectivity index (χ1n) is 11.7. The van der Waals surface area contributed by atoms with Crippen LogP contribution in [0.1, 0.15) is 52.0 Å². The van der Waals surface area contributed by atoms with E-state index in [1.165, 1.54) is 19.2 Å². The van der Waals surface area contributed by atoms with E-state index in [0.29, 0.717) is 21.8 Å². The van der Waals surface area contributed by atoms with E-state index in [2.05, 4.69) is 47.2 Å². The van der Waals surface area contributed by atoms with E-state index >= 15 is 0 Å². The van der Waals surface area contributed by atoms with Crippen molar-refractivity contribution in [1.29, 1.82) is 0 Å². The number of benzene rings is 2. The van der Waals surface area contributed by atoms with Gasteiger partial charge in [-0.3, -0.25) is 9.10 Å². The monoisotopic (exact) mass is 563 g/mol. The summed E-state index contributed by atoms with van der Waals surface area (Å²) in [5.74, 6) is 0.649. The number of amides is 1. The molecule has 2 aromatic carbocycles. The van der Waals surface area contributed by atoms with Gasteiger partial charge in [0.1, 0.15) is 12.3 Å². The molecule has 1 aliphatic rings. The summed E-state index contributed by atoms with van der Waals surface area (Å²) in [6, 6.07) is 11.5. The summed E-state index contributed by atoms with van der Waals surface area (Å²) in [4.78, 5) is 12.9. The summed E-state index contributed by atoms with van der Waals surface area (Å²) in [7, 11) is -2.53. The van der Waals surface area contributed by atoms with Gasteiger partial charge < -0.3 is 4.74 Å². The summed E-state index contributed by atoms with van der Waals surface area (Å²) < 4.78 is 34.0. The van der Waals surface area contributed by atoms with Gasteiger partial charge in [0, 0.05) is 5.71 Å². The van der Waals surface area contributed by atoms with Gasteiger partial charge in [0.15, 0.2) is 0 Å². The molecular weight excluding hydrogens is 530 g/mol. The molecule has 9 heteroatoms. The van der Waals surface area contributed by atoms with Crippen molar-refractivity contribution in [2.75, 3.05) is 18.0 Å². The molecule has 0 saturated heterocycles. The predicted molar refractivity (Wildman–Crippen MR) is 143 cm³/mol. The van der Waals surface area contributed by atoms with E-state index < -0.39 is 22.5 Å². The van der Waals surface area contributed by atoms with Gasteiger partial charge in [-0.1, -0.05) is 38.5 Å². The predicted octanol–water partition coefficient (Wildman–Crippen LogP) is 5.67. The Balaban J connectivity index is 1.80. The number of rotatable bonds is 7. The highest BCUT2D eigenvalue weighted by atomic mass is 79.9. The van der Waals surface area contributed by atoms with Gasteiger partial charge in [0.2, 0.25) is 0 Å². The van der Waals surface area contributed by atoms with E-state index in [9.17, 15) is 13.2 Å². The highest BCUT2D eigenvalue weighted by molar-refractivity contribution is 9.10. The SMILES string of the molecule is COc1ccc(S(=O)(=O)N(CC(=O)NN=C2CCC(C(C)(C)C)CC2)c2ccc(C)cc2)cc1Br. The summed E-state index contributed by atoms with van der Waals surface area (Å²) in [5.41, 5.74) is 5.17. The highest BCUT2D eigenvalue weighted by Crippen LogP contribution is 2.37. The van der Waals surface area contributed by atoms with Crippen LogP contribution < -0.4 is 14.5 Å². The number of carbonyl (C=O) groups excluding carboxylic acids is 1. The molecule has 0 heterocycles. The van der Waals surface area contributed by atoms with Gasteiger partial charge in [-0.25, -0.2) is 13.8 Å². The van der Waals surface area contributed by atoms with Gasteiger partial charge in [-0.2, -0.15) is 5.10 Å². The fourth-order valence-electron chi connectivity index (χ4n) is 4.20. The first-order chi connectivity index (χ1) is 16.4. The number of hydrogen-bond donors (Lipinski definition) is 1. The number of aryl methyl sites for hydroxylation is 1. The van der Waals surface area contributed by atoms with E-state index in [4.69, 9.17) is 4.74 Å². The van der Waals surface area contributed by atoms with Crippen molar-refractivity contribution in [3.05, 3.63) is 52.5 Å². The van der Waals surface area contributed by atoms with E-state index in [1.807, 2.05) is 19.1 Å². The van der Waals surface area contributed by atoms with Crippen LogP contribution in [0.4, 0.5) is 5.69 Å². The lowest BCUT2D eigenvalue weighted by Gasteiger charge is -2.34. The minimum absolute atomic E-state index is 0.0466. The van der Waals surface area contributed by atoms with Crippen LogP contribution in [0.3, 0.4) is 0 Å². The molecule has 1 fully saturated rings.